The zero-order valence-electron chi connectivity index (χ0n) is 19.9. The van der Waals surface area contributed by atoms with Crippen LogP contribution in [0.3, 0.4) is 0 Å². The number of alkyl halides is 1. The summed E-state index contributed by atoms with van der Waals surface area (Å²) in [4.78, 5) is 25.0. The standard InChI is InChI=1S/C24H27Cl2F2N7O2/c25-13-8-15(26)21(16(27)9-13)33-24-32-19-10-30-23(31-18-5-6-37-11-17(18)28)34-22(19)35(24)14-3-1-12(2-4-14)7-20(29)36/h8-10,12,14,17-18H,1-7,11H2,(H2,29,36)(H,32,33)(H,30,31,34)/t12?,14?,17-,18+/m1/s1. The monoisotopic (exact) mass is 553 g/mol. The summed E-state index contributed by atoms with van der Waals surface area (Å²) in [6.07, 6.45) is 4.30. The molecule has 0 unspecified atom stereocenters. The summed E-state index contributed by atoms with van der Waals surface area (Å²) >= 11 is 12.2. The zero-order valence-corrected chi connectivity index (χ0v) is 21.4. The quantitative estimate of drug-likeness (QED) is 0.369. The molecule has 0 spiro atoms. The second-order valence-electron chi connectivity index (χ2n) is 9.55. The van der Waals surface area contributed by atoms with E-state index < -0.39 is 18.0 Å². The molecule has 0 radical (unpaired) electrons. The van der Waals surface area contributed by atoms with Crippen molar-refractivity contribution in [3.63, 3.8) is 0 Å². The van der Waals surface area contributed by atoms with Gasteiger partial charge in [0.2, 0.25) is 17.8 Å². The number of primary amides is 1. The van der Waals surface area contributed by atoms with Gasteiger partial charge in [0.25, 0.3) is 0 Å². The van der Waals surface area contributed by atoms with E-state index in [-0.39, 0.29) is 46.2 Å². The van der Waals surface area contributed by atoms with E-state index >= 15 is 0 Å². The Kier molecular flexibility index (Phi) is 7.64. The molecule has 198 valence electrons. The highest BCUT2D eigenvalue weighted by Gasteiger charge is 2.29. The van der Waals surface area contributed by atoms with Crippen LogP contribution in [0, 0.1) is 11.7 Å². The number of nitrogens with zero attached hydrogens (tertiary/aromatic N) is 4. The normalized spacial score (nSPS) is 24.2. The average Bonchev–Trinajstić information content (AvgIpc) is 3.20. The van der Waals surface area contributed by atoms with Gasteiger partial charge in [-0.1, -0.05) is 23.2 Å². The van der Waals surface area contributed by atoms with E-state index in [2.05, 4.69) is 25.6 Å². The third kappa shape index (κ3) is 5.73. The first kappa shape index (κ1) is 25.9. The second kappa shape index (κ2) is 10.9. The molecular weight excluding hydrogens is 527 g/mol. The van der Waals surface area contributed by atoms with Crippen molar-refractivity contribution in [1.82, 2.24) is 19.5 Å². The number of fused-ring (bicyclic) bond motifs is 1. The molecule has 2 atom stereocenters. The number of benzene rings is 1. The summed E-state index contributed by atoms with van der Waals surface area (Å²) in [6, 6.07) is 2.11. The van der Waals surface area contributed by atoms with Crippen molar-refractivity contribution < 1.29 is 18.3 Å². The van der Waals surface area contributed by atoms with Gasteiger partial charge in [-0.15, -0.1) is 0 Å². The molecule has 37 heavy (non-hydrogen) atoms. The topological polar surface area (TPSA) is 120 Å². The molecular formula is C24H27Cl2F2N7O2. The summed E-state index contributed by atoms with van der Waals surface area (Å²) in [7, 11) is 0. The molecule has 1 saturated heterocycles. The molecule has 2 fully saturated rings. The van der Waals surface area contributed by atoms with Crippen LogP contribution < -0.4 is 16.4 Å². The number of imidazole rings is 1. The Bertz CT molecular complexity index is 1280. The van der Waals surface area contributed by atoms with Crippen LogP contribution in [0.2, 0.25) is 10.0 Å². The Hall–Kier alpha value is -2.76. The minimum absolute atomic E-state index is 0.0217. The van der Waals surface area contributed by atoms with Crippen LogP contribution in [0.25, 0.3) is 11.2 Å². The van der Waals surface area contributed by atoms with Crippen LogP contribution in [0.15, 0.2) is 18.3 Å². The maximum absolute atomic E-state index is 14.8. The van der Waals surface area contributed by atoms with Gasteiger partial charge in [0.1, 0.15) is 17.5 Å². The fourth-order valence-corrected chi connectivity index (χ4v) is 5.61. The fraction of sp³-hybridized carbons (Fsp3) is 0.500. The minimum Gasteiger partial charge on any atom is -0.378 e. The number of rotatable bonds is 7. The molecule has 1 aromatic carbocycles. The number of nitrogens with two attached hydrogens (primary N) is 1. The Balaban J connectivity index is 1.50. The molecule has 9 nitrogen and oxygen atoms in total. The number of halogens is 4. The van der Waals surface area contributed by atoms with Crippen molar-refractivity contribution in [1.29, 1.82) is 0 Å². The SMILES string of the molecule is NC(=O)CC1CCC(n2c(Nc3c(F)cc(Cl)cc3Cl)nc3cnc(N[C@H]4CCOC[C@H]4F)nc32)CC1. The van der Waals surface area contributed by atoms with Gasteiger partial charge in [-0.25, -0.2) is 18.7 Å². The third-order valence-corrected chi connectivity index (χ3v) is 7.47. The number of hydrogen-bond donors (Lipinski definition) is 3. The molecule has 13 heteroatoms. The molecule has 1 amide bonds. The van der Waals surface area contributed by atoms with E-state index in [1.807, 2.05) is 4.57 Å². The highest BCUT2D eigenvalue weighted by Crippen LogP contribution is 2.39. The van der Waals surface area contributed by atoms with E-state index in [9.17, 15) is 13.6 Å². The average molecular weight is 554 g/mol. The van der Waals surface area contributed by atoms with Crippen LogP contribution in [-0.2, 0) is 9.53 Å². The zero-order chi connectivity index (χ0) is 26.1. The van der Waals surface area contributed by atoms with Crippen molar-refractivity contribution in [3.05, 3.63) is 34.2 Å². The van der Waals surface area contributed by atoms with E-state index in [1.165, 1.54) is 12.1 Å². The lowest BCUT2D eigenvalue weighted by Gasteiger charge is -2.30. The van der Waals surface area contributed by atoms with Gasteiger partial charge in [-0.2, -0.15) is 4.98 Å². The first-order chi connectivity index (χ1) is 17.8. The molecule has 1 saturated carbocycles. The predicted octanol–water partition coefficient (Wildman–Crippen LogP) is 5.16. The summed E-state index contributed by atoms with van der Waals surface area (Å²) in [5.74, 6) is -0.104. The van der Waals surface area contributed by atoms with Gasteiger partial charge in [-0.3, -0.25) is 9.36 Å². The number of hydrogen-bond acceptors (Lipinski definition) is 7. The fourth-order valence-electron chi connectivity index (χ4n) is 5.09. The van der Waals surface area contributed by atoms with Gasteiger partial charge in [0, 0.05) is 24.1 Å². The number of carbonyl (C=O) groups is 1. The lowest BCUT2D eigenvalue weighted by atomic mass is 9.84. The second-order valence-corrected chi connectivity index (χ2v) is 10.4. The van der Waals surface area contributed by atoms with Crippen molar-refractivity contribution in [2.75, 3.05) is 23.8 Å². The number of nitrogens with one attached hydrogen (secondary N) is 2. The van der Waals surface area contributed by atoms with Gasteiger partial charge in [-0.05, 0) is 50.2 Å². The number of carbonyl (C=O) groups excluding carboxylic acids is 1. The van der Waals surface area contributed by atoms with Crippen molar-refractivity contribution in [3.8, 4) is 0 Å². The third-order valence-electron chi connectivity index (χ3n) is 6.95. The maximum Gasteiger partial charge on any atom is 0.225 e. The molecule has 3 heterocycles. The summed E-state index contributed by atoms with van der Waals surface area (Å²) < 4.78 is 36.2. The van der Waals surface area contributed by atoms with Crippen molar-refractivity contribution >= 4 is 57.9 Å². The van der Waals surface area contributed by atoms with Crippen molar-refractivity contribution in [2.24, 2.45) is 11.7 Å². The highest BCUT2D eigenvalue weighted by molar-refractivity contribution is 6.36. The highest BCUT2D eigenvalue weighted by atomic mass is 35.5. The van der Waals surface area contributed by atoms with Crippen LogP contribution in [-0.4, -0.2) is 50.9 Å². The Morgan fingerprint density at radius 2 is 1.97 bits per heavy atom. The number of amides is 1. The van der Waals surface area contributed by atoms with Crippen LogP contribution in [0.5, 0.6) is 0 Å². The van der Waals surface area contributed by atoms with Gasteiger partial charge in [0.15, 0.2) is 5.65 Å². The Morgan fingerprint density at radius 1 is 1.19 bits per heavy atom. The lowest BCUT2D eigenvalue weighted by molar-refractivity contribution is -0.119. The minimum atomic E-state index is -1.18. The summed E-state index contributed by atoms with van der Waals surface area (Å²) in [5.41, 5.74) is 6.45. The Labute approximate surface area is 222 Å². The number of anilines is 3. The molecule has 0 bridgehead atoms. The molecule has 2 aromatic heterocycles. The number of aromatic nitrogens is 4. The van der Waals surface area contributed by atoms with E-state index in [1.54, 1.807) is 6.20 Å². The first-order valence-electron chi connectivity index (χ1n) is 12.2. The van der Waals surface area contributed by atoms with E-state index in [0.717, 1.165) is 25.7 Å². The van der Waals surface area contributed by atoms with Crippen molar-refractivity contribution in [2.45, 2.75) is 56.8 Å². The largest absolute Gasteiger partial charge is 0.378 e. The number of ether oxygens (including phenoxy) is 1. The van der Waals surface area contributed by atoms with E-state index in [0.29, 0.717) is 36.6 Å². The summed E-state index contributed by atoms with van der Waals surface area (Å²) in [5, 5.41) is 6.38. The maximum atomic E-state index is 14.8. The van der Waals surface area contributed by atoms with Crippen LogP contribution in [0.4, 0.5) is 26.4 Å². The molecule has 1 aliphatic carbocycles. The van der Waals surface area contributed by atoms with Gasteiger partial charge >= 0.3 is 0 Å². The predicted molar refractivity (Wildman–Crippen MR) is 138 cm³/mol. The van der Waals surface area contributed by atoms with Gasteiger partial charge in [0.05, 0.1) is 29.6 Å². The molecule has 4 N–H and O–H groups in total. The molecule has 5 rings (SSSR count). The van der Waals surface area contributed by atoms with Crippen LogP contribution >= 0.6 is 23.2 Å². The van der Waals surface area contributed by atoms with Crippen LogP contribution in [0.1, 0.15) is 44.6 Å². The smallest absolute Gasteiger partial charge is 0.225 e. The Morgan fingerprint density at radius 3 is 2.68 bits per heavy atom. The molecule has 2 aliphatic rings. The van der Waals surface area contributed by atoms with Gasteiger partial charge < -0.3 is 21.1 Å². The van der Waals surface area contributed by atoms with E-state index in [4.69, 9.17) is 33.7 Å². The summed E-state index contributed by atoms with van der Waals surface area (Å²) in [6.45, 7) is 0.474. The lowest BCUT2D eigenvalue weighted by Crippen LogP contribution is -2.39. The first-order valence-corrected chi connectivity index (χ1v) is 13.0. The molecule has 3 aromatic rings. The molecule has 1 aliphatic heterocycles.